The first-order valence-corrected chi connectivity index (χ1v) is 17.6. The fraction of sp³-hybridized carbons (Fsp3) is 0.244. The molecule has 3 saturated carbocycles. The van der Waals surface area contributed by atoms with Crippen LogP contribution in [0.4, 0.5) is 0 Å². The van der Waals surface area contributed by atoms with Gasteiger partial charge < -0.3 is 0 Å². The summed E-state index contributed by atoms with van der Waals surface area (Å²) in [5, 5.41) is 9.38. The van der Waals surface area contributed by atoms with Crippen LogP contribution in [0.3, 0.4) is 0 Å². The molecule has 3 aliphatic carbocycles. The van der Waals surface area contributed by atoms with Gasteiger partial charge in [0.1, 0.15) is 0 Å². The third kappa shape index (κ3) is 5.25. The highest BCUT2D eigenvalue weighted by atomic mass is 15.0. The maximum atomic E-state index is 9.38. The fourth-order valence-electron chi connectivity index (χ4n) is 9.30. The molecule has 0 N–H and O–H groups in total. The maximum absolute atomic E-state index is 9.38. The summed E-state index contributed by atoms with van der Waals surface area (Å²) in [6.45, 7) is 4.79. The molecule has 4 nitrogen and oxygen atoms in total. The number of benzene rings is 5. The number of nitriles is 1. The van der Waals surface area contributed by atoms with Gasteiger partial charge in [0.15, 0.2) is 17.5 Å². The van der Waals surface area contributed by atoms with E-state index in [0.29, 0.717) is 23.0 Å². The Morgan fingerprint density at radius 2 is 1.12 bits per heavy atom. The molecule has 6 aromatic rings. The molecule has 0 aliphatic heterocycles. The molecule has 0 saturated heterocycles. The Labute approximate surface area is 288 Å². The van der Waals surface area contributed by atoms with Gasteiger partial charge in [-0.05, 0) is 138 Å². The molecule has 49 heavy (non-hydrogen) atoms. The van der Waals surface area contributed by atoms with Crippen molar-refractivity contribution in [2.75, 3.05) is 0 Å². The Balaban J connectivity index is 1.17. The van der Waals surface area contributed by atoms with Crippen molar-refractivity contribution in [3.63, 3.8) is 0 Å². The van der Waals surface area contributed by atoms with Gasteiger partial charge in [-0.15, -0.1) is 0 Å². The second-order valence-electron chi connectivity index (χ2n) is 14.9. The lowest BCUT2D eigenvalue weighted by Gasteiger charge is -2.65. The summed E-state index contributed by atoms with van der Waals surface area (Å²) >= 11 is 0. The first-order chi connectivity index (χ1) is 23.9. The van der Waals surface area contributed by atoms with E-state index in [2.05, 4.69) is 86.6 Å². The molecule has 0 bridgehead atoms. The molecule has 238 valence electrons. The van der Waals surface area contributed by atoms with E-state index in [1.54, 1.807) is 0 Å². The van der Waals surface area contributed by atoms with Crippen LogP contribution in [-0.4, -0.2) is 15.0 Å². The zero-order chi connectivity index (χ0) is 33.1. The summed E-state index contributed by atoms with van der Waals surface area (Å²) in [7, 11) is 0. The smallest absolute Gasteiger partial charge is 0.164 e. The van der Waals surface area contributed by atoms with Crippen LogP contribution in [-0.2, 0) is 5.41 Å². The van der Waals surface area contributed by atoms with Crippen LogP contribution in [0.25, 0.3) is 56.4 Å². The molecule has 3 unspecified atom stereocenters. The highest BCUT2D eigenvalue weighted by Gasteiger charge is 2.59. The predicted octanol–water partition coefficient (Wildman–Crippen LogP) is 10.7. The largest absolute Gasteiger partial charge is 0.208 e. The summed E-state index contributed by atoms with van der Waals surface area (Å²) in [4.78, 5) is 15.0. The van der Waals surface area contributed by atoms with Gasteiger partial charge in [-0.1, -0.05) is 85.8 Å². The van der Waals surface area contributed by atoms with Gasteiger partial charge in [0.2, 0.25) is 0 Å². The van der Waals surface area contributed by atoms with Crippen molar-refractivity contribution in [2.24, 2.45) is 23.7 Å². The van der Waals surface area contributed by atoms with Crippen LogP contribution in [0.15, 0.2) is 121 Å². The number of hydrogen-bond acceptors (Lipinski definition) is 4. The number of aryl methyl sites for hydroxylation is 1. The average Bonchev–Trinajstić information content (AvgIpc) is 3.13. The number of hydrogen-bond donors (Lipinski definition) is 0. The molecule has 1 aromatic heterocycles. The summed E-state index contributed by atoms with van der Waals surface area (Å²) in [5.41, 5.74) is 11.0. The Hall–Kier alpha value is -5.40. The van der Waals surface area contributed by atoms with Gasteiger partial charge in [-0.25, -0.2) is 15.0 Å². The Bertz CT molecular complexity index is 2220. The topological polar surface area (TPSA) is 62.5 Å². The van der Waals surface area contributed by atoms with Crippen LogP contribution in [0, 0.1) is 41.9 Å². The quantitative estimate of drug-likeness (QED) is 0.183. The van der Waals surface area contributed by atoms with Crippen molar-refractivity contribution in [3.05, 3.63) is 138 Å². The van der Waals surface area contributed by atoms with E-state index in [4.69, 9.17) is 15.0 Å². The van der Waals surface area contributed by atoms with E-state index in [9.17, 15) is 5.26 Å². The molecule has 0 spiro atoms. The minimum atomic E-state index is 0.262. The minimum Gasteiger partial charge on any atom is -0.208 e. The van der Waals surface area contributed by atoms with Crippen LogP contribution in [0.1, 0.15) is 49.3 Å². The van der Waals surface area contributed by atoms with Gasteiger partial charge in [0.05, 0.1) is 11.6 Å². The minimum absolute atomic E-state index is 0.262. The third-order valence-corrected chi connectivity index (χ3v) is 11.7. The van der Waals surface area contributed by atoms with Gasteiger partial charge in [0, 0.05) is 16.7 Å². The molecule has 3 fully saturated rings. The normalized spacial score (nSPS) is 23.4. The van der Waals surface area contributed by atoms with E-state index in [-0.39, 0.29) is 5.41 Å². The lowest BCUT2D eigenvalue weighted by atomic mass is 9.39. The van der Waals surface area contributed by atoms with Gasteiger partial charge in [0.25, 0.3) is 0 Å². The molecular formula is C45H38N4. The fourth-order valence-corrected chi connectivity index (χ4v) is 9.30. The number of aromatic nitrogens is 3. The number of rotatable bonds is 6. The molecular weight excluding hydrogens is 597 g/mol. The van der Waals surface area contributed by atoms with Gasteiger partial charge in [-0.2, -0.15) is 5.26 Å². The summed E-state index contributed by atoms with van der Waals surface area (Å²) < 4.78 is 0. The predicted molar refractivity (Wildman–Crippen MR) is 196 cm³/mol. The van der Waals surface area contributed by atoms with Crippen molar-refractivity contribution in [1.82, 2.24) is 15.0 Å². The van der Waals surface area contributed by atoms with E-state index in [0.717, 1.165) is 57.1 Å². The van der Waals surface area contributed by atoms with Crippen molar-refractivity contribution >= 4 is 0 Å². The molecule has 9 rings (SSSR count). The average molecular weight is 635 g/mol. The van der Waals surface area contributed by atoms with E-state index < -0.39 is 0 Å². The third-order valence-electron chi connectivity index (χ3n) is 11.7. The lowest BCUT2D eigenvalue weighted by molar-refractivity contribution is -0.141. The first kappa shape index (κ1) is 29.7. The van der Waals surface area contributed by atoms with Crippen molar-refractivity contribution in [2.45, 2.75) is 44.9 Å². The number of nitrogens with zero attached hydrogens (tertiary/aromatic N) is 4. The highest BCUT2D eigenvalue weighted by molar-refractivity contribution is 5.81. The molecule has 0 radical (unpaired) electrons. The van der Waals surface area contributed by atoms with E-state index in [1.165, 1.54) is 42.4 Å². The second kappa shape index (κ2) is 11.6. The van der Waals surface area contributed by atoms with Crippen molar-refractivity contribution in [1.29, 1.82) is 5.26 Å². The van der Waals surface area contributed by atoms with E-state index >= 15 is 0 Å². The second-order valence-corrected chi connectivity index (χ2v) is 14.9. The molecule has 4 heteroatoms. The maximum Gasteiger partial charge on any atom is 0.164 e. The zero-order valence-corrected chi connectivity index (χ0v) is 28.0. The standard InChI is InChI=1S/C45H38N4/c1-28-19-39(45(2)25-37-23-35-24-38(26-45)41(35)37)17-18-40(28)34-20-33(30-9-5-3-6-10-30)21-36(22-34)44-48-42(31-11-7-4-8-12-31)47-43(49-44)32-15-13-29(27-46)14-16-32/h3-22,35,37-38,41H,23-26H2,1-2H3/t35?,37-,38+,41?,45?. The Morgan fingerprint density at radius 1 is 0.571 bits per heavy atom. The lowest BCUT2D eigenvalue weighted by Crippen LogP contribution is -2.58. The molecule has 3 aliphatic rings. The zero-order valence-electron chi connectivity index (χ0n) is 28.0. The molecule has 5 atom stereocenters. The van der Waals surface area contributed by atoms with Gasteiger partial charge in [-0.3, -0.25) is 0 Å². The summed E-state index contributed by atoms with van der Waals surface area (Å²) in [6.07, 6.45) is 5.58. The highest BCUT2D eigenvalue weighted by Crippen LogP contribution is 2.67. The van der Waals surface area contributed by atoms with E-state index in [1.807, 2.05) is 54.6 Å². The summed E-state index contributed by atoms with van der Waals surface area (Å²) in [6, 6.07) is 44.2. The van der Waals surface area contributed by atoms with Gasteiger partial charge >= 0.3 is 0 Å². The SMILES string of the molecule is Cc1cc(C2(C)C[C@H]3CC4C[C@@H](C2)C43)ccc1-c1cc(-c2ccccc2)cc(-c2nc(-c3ccccc3)nc(-c3ccc(C#N)cc3)n2)c1. The van der Waals surface area contributed by atoms with Crippen LogP contribution < -0.4 is 0 Å². The van der Waals surface area contributed by atoms with Crippen molar-refractivity contribution in [3.8, 4) is 62.5 Å². The van der Waals surface area contributed by atoms with Crippen molar-refractivity contribution < 1.29 is 0 Å². The molecule has 5 aromatic carbocycles. The van der Waals surface area contributed by atoms with Crippen LogP contribution >= 0.6 is 0 Å². The Kier molecular flexibility index (Phi) is 7.06. The molecule has 0 amide bonds. The Morgan fingerprint density at radius 3 is 1.71 bits per heavy atom. The summed E-state index contributed by atoms with van der Waals surface area (Å²) in [5.74, 6) is 5.75. The monoisotopic (exact) mass is 634 g/mol. The first-order valence-electron chi connectivity index (χ1n) is 17.6. The molecule has 1 heterocycles. The van der Waals surface area contributed by atoms with Crippen LogP contribution in [0.5, 0.6) is 0 Å². The van der Waals surface area contributed by atoms with Crippen LogP contribution in [0.2, 0.25) is 0 Å².